The third kappa shape index (κ3) is 7.35. The number of likely N-dealkylation sites (tertiary alicyclic amines) is 1. The summed E-state index contributed by atoms with van der Waals surface area (Å²) in [6.07, 6.45) is 3.92. The first-order chi connectivity index (χ1) is 14.6. The third-order valence-electron chi connectivity index (χ3n) is 5.59. The lowest BCUT2D eigenvalue weighted by Gasteiger charge is -2.39. The summed E-state index contributed by atoms with van der Waals surface area (Å²) in [5, 5.41) is 3.86. The zero-order chi connectivity index (χ0) is 21.3. The van der Waals surface area contributed by atoms with E-state index in [0.717, 1.165) is 64.6 Å². The summed E-state index contributed by atoms with van der Waals surface area (Å²) in [4.78, 5) is 28.0. The van der Waals surface area contributed by atoms with Gasteiger partial charge in [-0.15, -0.1) is 24.0 Å². The lowest BCUT2D eigenvalue weighted by Crippen LogP contribution is -2.57. The van der Waals surface area contributed by atoms with Gasteiger partial charge in [0, 0.05) is 52.0 Å². The molecular weight excluding hydrogens is 531 g/mol. The van der Waals surface area contributed by atoms with E-state index >= 15 is 0 Å². The van der Waals surface area contributed by atoms with E-state index in [9.17, 15) is 4.79 Å². The van der Waals surface area contributed by atoms with Gasteiger partial charge < -0.3 is 19.9 Å². The van der Waals surface area contributed by atoms with Crippen molar-refractivity contribution in [3.05, 3.63) is 23.4 Å². The quantitative estimate of drug-likeness (QED) is 0.237. The molecule has 0 aromatic carbocycles. The van der Waals surface area contributed by atoms with Gasteiger partial charge in [-0.25, -0.2) is 9.98 Å². The molecule has 1 aromatic heterocycles. The Labute approximate surface area is 207 Å². The summed E-state index contributed by atoms with van der Waals surface area (Å²) in [6.45, 7) is 11.0. The molecule has 10 heteroatoms. The SMILES string of the molecule is CCNC(=NCCOc1ncccc1Cl)N1CCN(C(C)C(=O)N2CCCC2)CC1.I. The fraction of sp³-hybridized carbons (Fsp3) is 0.667. The molecule has 3 rings (SSSR count). The van der Waals surface area contributed by atoms with Crippen LogP contribution in [0.3, 0.4) is 0 Å². The van der Waals surface area contributed by atoms with E-state index in [2.05, 4.69) is 27.0 Å². The number of halogens is 2. The second-order valence-electron chi connectivity index (χ2n) is 7.61. The predicted octanol–water partition coefficient (Wildman–Crippen LogP) is 2.33. The van der Waals surface area contributed by atoms with Gasteiger partial charge in [-0.05, 0) is 38.8 Å². The Bertz CT molecular complexity index is 724. The molecule has 2 saturated heterocycles. The van der Waals surface area contributed by atoms with Gasteiger partial charge in [-0.1, -0.05) is 11.6 Å². The van der Waals surface area contributed by atoms with E-state index in [4.69, 9.17) is 21.3 Å². The lowest BCUT2D eigenvalue weighted by molar-refractivity contribution is -0.135. The van der Waals surface area contributed by atoms with Gasteiger partial charge >= 0.3 is 0 Å². The molecule has 1 atom stereocenters. The topological polar surface area (TPSA) is 73.3 Å². The average Bonchev–Trinajstić information content (AvgIpc) is 3.31. The Morgan fingerprint density at radius 2 is 1.94 bits per heavy atom. The molecule has 2 aliphatic rings. The van der Waals surface area contributed by atoms with E-state index < -0.39 is 0 Å². The van der Waals surface area contributed by atoms with E-state index in [1.165, 1.54) is 0 Å². The van der Waals surface area contributed by atoms with Crippen molar-refractivity contribution in [3.8, 4) is 5.88 Å². The fourth-order valence-corrected chi connectivity index (χ4v) is 4.05. The van der Waals surface area contributed by atoms with E-state index in [1.54, 1.807) is 18.3 Å². The van der Waals surface area contributed by atoms with Crippen molar-refractivity contribution in [2.45, 2.75) is 32.7 Å². The molecule has 1 amide bonds. The van der Waals surface area contributed by atoms with Gasteiger partial charge in [0.2, 0.25) is 11.8 Å². The van der Waals surface area contributed by atoms with Gasteiger partial charge in [0.25, 0.3) is 0 Å². The molecule has 1 N–H and O–H groups in total. The predicted molar refractivity (Wildman–Crippen MR) is 135 cm³/mol. The average molecular weight is 565 g/mol. The molecule has 2 fully saturated rings. The number of nitrogens with one attached hydrogen (secondary N) is 1. The Morgan fingerprint density at radius 3 is 2.58 bits per heavy atom. The van der Waals surface area contributed by atoms with Crippen molar-refractivity contribution in [3.63, 3.8) is 0 Å². The van der Waals surface area contributed by atoms with Gasteiger partial charge in [-0.2, -0.15) is 0 Å². The standard InChI is InChI=1S/C21H33ClN6O2.HI/c1-3-23-21(25-9-16-30-19-18(22)7-6-8-24-19)28-14-12-26(13-15-28)17(2)20(29)27-10-4-5-11-27;/h6-8,17H,3-5,9-16H2,1-2H3,(H,23,25);1H. The normalized spacial score (nSPS) is 18.5. The summed E-state index contributed by atoms with van der Waals surface area (Å²) < 4.78 is 5.63. The first-order valence-electron chi connectivity index (χ1n) is 10.9. The summed E-state index contributed by atoms with van der Waals surface area (Å²) in [5.41, 5.74) is 0. The number of ether oxygens (including phenoxy) is 1. The van der Waals surface area contributed by atoms with Crippen molar-refractivity contribution < 1.29 is 9.53 Å². The number of rotatable bonds is 7. The number of guanidine groups is 1. The van der Waals surface area contributed by atoms with Crippen LogP contribution < -0.4 is 10.1 Å². The largest absolute Gasteiger partial charge is 0.475 e. The van der Waals surface area contributed by atoms with Crippen LogP contribution in [-0.2, 0) is 4.79 Å². The zero-order valence-electron chi connectivity index (χ0n) is 18.4. The number of hydrogen-bond acceptors (Lipinski definition) is 5. The van der Waals surface area contributed by atoms with E-state index in [-0.39, 0.29) is 35.9 Å². The maximum atomic E-state index is 12.7. The number of amides is 1. The van der Waals surface area contributed by atoms with E-state index in [0.29, 0.717) is 24.1 Å². The lowest BCUT2D eigenvalue weighted by atomic mass is 10.2. The smallest absolute Gasteiger partial charge is 0.239 e. The van der Waals surface area contributed by atoms with Gasteiger partial charge in [0.15, 0.2) is 5.96 Å². The van der Waals surface area contributed by atoms with Crippen LogP contribution in [-0.4, -0.2) is 96.6 Å². The highest BCUT2D eigenvalue weighted by molar-refractivity contribution is 14.0. The number of aromatic nitrogens is 1. The van der Waals surface area contributed by atoms with Crippen LogP contribution in [0.4, 0.5) is 0 Å². The molecule has 0 radical (unpaired) electrons. The molecule has 31 heavy (non-hydrogen) atoms. The van der Waals surface area contributed by atoms with Crippen molar-refractivity contribution in [2.24, 2.45) is 4.99 Å². The van der Waals surface area contributed by atoms with Crippen molar-refractivity contribution in [1.82, 2.24) is 25.0 Å². The summed E-state index contributed by atoms with van der Waals surface area (Å²) in [6, 6.07) is 3.48. The van der Waals surface area contributed by atoms with Gasteiger partial charge in [-0.3, -0.25) is 9.69 Å². The molecule has 8 nitrogen and oxygen atoms in total. The van der Waals surface area contributed by atoms with Crippen LogP contribution in [0.2, 0.25) is 5.02 Å². The molecule has 174 valence electrons. The molecule has 0 aliphatic carbocycles. The van der Waals surface area contributed by atoms with Crippen molar-refractivity contribution >= 4 is 47.4 Å². The maximum absolute atomic E-state index is 12.7. The number of hydrogen-bond donors (Lipinski definition) is 1. The Hall–Kier alpha value is -1.33. The zero-order valence-corrected chi connectivity index (χ0v) is 21.5. The third-order valence-corrected chi connectivity index (χ3v) is 5.88. The second-order valence-corrected chi connectivity index (χ2v) is 8.01. The first-order valence-corrected chi connectivity index (χ1v) is 11.3. The molecule has 1 unspecified atom stereocenters. The van der Waals surface area contributed by atoms with Crippen LogP contribution >= 0.6 is 35.6 Å². The summed E-state index contributed by atoms with van der Waals surface area (Å²) in [7, 11) is 0. The van der Waals surface area contributed by atoms with Crippen LogP contribution in [0.5, 0.6) is 5.88 Å². The molecule has 0 bridgehead atoms. The Kier molecular flexibility index (Phi) is 11.1. The minimum Gasteiger partial charge on any atom is -0.475 e. The monoisotopic (exact) mass is 564 g/mol. The number of nitrogens with zero attached hydrogens (tertiary/aromatic N) is 5. The maximum Gasteiger partial charge on any atom is 0.239 e. The number of carbonyl (C=O) groups is 1. The minimum absolute atomic E-state index is 0. The van der Waals surface area contributed by atoms with Crippen LogP contribution in [0, 0.1) is 0 Å². The van der Waals surface area contributed by atoms with Crippen LogP contribution in [0.1, 0.15) is 26.7 Å². The second kappa shape index (κ2) is 13.3. The number of pyridine rings is 1. The molecule has 1 aromatic rings. The molecule has 3 heterocycles. The van der Waals surface area contributed by atoms with E-state index in [1.807, 2.05) is 11.8 Å². The number of aliphatic imine (C=N–C) groups is 1. The molecular formula is C21H34ClIN6O2. The van der Waals surface area contributed by atoms with Crippen molar-refractivity contribution in [2.75, 3.05) is 59.0 Å². The summed E-state index contributed by atoms with van der Waals surface area (Å²) in [5.74, 6) is 1.59. The highest BCUT2D eigenvalue weighted by atomic mass is 127. The minimum atomic E-state index is -0.0544. The Balaban J connectivity index is 0.00000341. The molecule has 0 spiro atoms. The van der Waals surface area contributed by atoms with Crippen LogP contribution in [0.15, 0.2) is 23.3 Å². The number of piperazine rings is 1. The highest BCUT2D eigenvalue weighted by Gasteiger charge is 2.30. The fourth-order valence-electron chi connectivity index (χ4n) is 3.88. The van der Waals surface area contributed by atoms with Gasteiger partial charge in [0.05, 0.1) is 12.6 Å². The molecule has 2 aliphatic heterocycles. The summed E-state index contributed by atoms with van der Waals surface area (Å²) >= 11 is 6.06. The molecule has 0 saturated carbocycles. The van der Waals surface area contributed by atoms with Gasteiger partial charge in [0.1, 0.15) is 11.6 Å². The number of carbonyl (C=O) groups excluding carboxylic acids is 1. The van der Waals surface area contributed by atoms with Crippen LogP contribution in [0.25, 0.3) is 0 Å². The first kappa shape index (κ1) is 25.9. The Morgan fingerprint density at radius 1 is 1.23 bits per heavy atom. The van der Waals surface area contributed by atoms with Crippen molar-refractivity contribution in [1.29, 1.82) is 0 Å². The highest BCUT2D eigenvalue weighted by Crippen LogP contribution is 2.19.